The highest BCUT2D eigenvalue weighted by Gasteiger charge is 2.35. The van der Waals surface area contributed by atoms with Crippen LogP contribution in [-0.4, -0.2) is 19.0 Å². The van der Waals surface area contributed by atoms with Gasteiger partial charge in [0.1, 0.15) is 6.10 Å². The van der Waals surface area contributed by atoms with Gasteiger partial charge in [-0.3, -0.25) is 9.59 Å². The summed E-state index contributed by atoms with van der Waals surface area (Å²) in [4.78, 5) is 23.3. The monoisotopic (exact) mass is 310 g/mol. The Hall–Kier alpha value is -1.55. The minimum atomic E-state index is -0.240. The van der Waals surface area contributed by atoms with Crippen molar-refractivity contribution in [2.24, 2.45) is 11.8 Å². The number of ether oxygens (including phenoxy) is 2. The molecule has 0 aromatic heterocycles. The lowest BCUT2D eigenvalue weighted by atomic mass is 9.93. The minimum absolute atomic E-state index is 0.155. The van der Waals surface area contributed by atoms with Crippen LogP contribution >= 0.6 is 11.6 Å². The molecule has 1 aromatic carbocycles. The molecule has 0 radical (unpaired) electrons. The van der Waals surface area contributed by atoms with Gasteiger partial charge >= 0.3 is 11.9 Å². The molecular weight excluding hydrogens is 292 g/mol. The molecule has 21 heavy (non-hydrogen) atoms. The predicted molar refractivity (Wildman–Crippen MR) is 78.8 cm³/mol. The molecule has 1 aliphatic rings. The van der Waals surface area contributed by atoms with E-state index in [1.165, 1.54) is 7.11 Å². The first-order valence-corrected chi connectivity index (χ1v) is 7.43. The van der Waals surface area contributed by atoms with E-state index in [0.29, 0.717) is 24.3 Å². The quantitative estimate of drug-likeness (QED) is 0.781. The van der Waals surface area contributed by atoms with Crippen LogP contribution in [-0.2, 0) is 19.1 Å². The van der Waals surface area contributed by atoms with Gasteiger partial charge in [-0.1, -0.05) is 30.7 Å². The first-order valence-electron chi connectivity index (χ1n) is 7.05. The number of rotatable bonds is 5. The maximum Gasteiger partial charge on any atom is 0.309 e. The third kappa shape index (κ3) is 3.97. The van der Waals surface area contributed by atoms with Crippen LogP contribution in [0.3, 0.4) is 0 Å². The summed E-state index contributed by atoms with van der Waals surface area (Å²) in [6.07, 6.45) is 1.70. The SMILES string of the molecule is COC(=O)C(C)CCC1CC(c2ccc(Cl)cc2)OC1=O. The molecular formula is C16H19ClO4. The molecule has 1 heterocycles. The summed E-state index contributed by atoms with van der Waals surface area (Å²) in [6.45, 7) is 1.81. The number of carbonyl (C=O) groups is 2. The molecule has 0 aliphatic carbocycles. The van der Waals surface area contributed by atoms with Crippen LogP contribution in [0.4, 0.5) is 0 Å². The fourth-order valence-corrected chi connectivity index (χ4v) is 2.65. The Morgan fingerprint density at radius 3 is 2.71 bits per heavy atom. The Labute approximate surface area is 129 Å². The normalized spacial score (nSPS) is 22.7. The summed E-state index contributed by atoms with van der Waals surface area (Å²) in [5, 5.41) is 0.659. The molecule has 0 amide bonds. The number of esters is 2. The smallest absolute Gasteiger partial charge is 0.309 e. The van der Waals surface area contributed by atoms with Crippen LogP contribution < -0.4 is 0 Å². The van der Waals surface area contributed by atoms with Gasteiger partial charge < -0.3 is 9.47 Å². The predicted octanol–water partition coefficient (Wildman–Crippen LogP) is 3.53. The molecule has 2 rings (SSSR count). The van der Waals surface area contributed by atoms with E-state index in [1.807, 2.05) is 19.1 Å². The van der Waals surface area contributed by atoms with Crippen LogP contribution in [0, 0.1) is 11.8 Å². The average molecular weight is 311 g/mol. The van der Waals surface area contributed by atoms with Crippen LogP contribution in [0.15, 0.2) is 24.3 Å². The topological polar surface area (TPSA) is 52.6 Å². The van der Waals surface area contributed by atoms with E-state index in [-0.39, 0.29) is 29.9 Å². The van der Waals surface area contributed by atoms with Crippen molar-refractivity contribution in [3.63, 3.8) is 0 Å². The van der Waals surface area contributed by atoms with Crippen molar-refractivity contribution in [2.75, 3.05) is 7.11 Å². The first-order chi connectivity index (χ1) is 10.0. The van der Waals surface area contributed by atoms with E-state index in [0.717, 1.165) is 5.56 Å². The van der Waals surface area contributed by atoms with Crippen LogP contribution in [0.1, 0.15) is 37.9 Å². The zero-order valence-corrected chi connectivity index (χ0v) is 12.9. The molecule has 3 unspecified atom stereocenters. The van der Waals surface area contributed by atoms with E-state index in [9.17, 15) is 9.59 Å². The molecule has 4 nitrogen and oxygen atoms in total. The number of hydrogen-bond donors (Lipinski definition) is 0. The third-order valence-electron chi connectivity index (χ3n) is 3.88. The summed E-state index contributed by atoms with van der Waals surface area (Å²) >= 11 is 5.85. The molecule has 1 fully saturated rings. The van der Waals surface area contributed by atoms with E-state index < -0.39 is 0 Å². The first kappa shape index (κ1) is 15.8. The van der Waals surface area contributed by atoms with Gasteiger partial charge in [-0.25, -0.2) is 0 Å². The number of cyclic esters (lactones) is 1. The van der Waals surface area contributed by atoms with Gasteiger partial charge in [0, 0.05) is 11.4 Å². The van der Waals surface area contributed by atoms with Gasteiger partial charge in [0.2, 0.25) is 0 Å². The fraction of sp³-hybridized carbons (Fsp3) is 0.500. The summed E-state index contributed by atoms with van der Waals surface area (Å²) < 4.78 is 10.1. The van der Waals surface area contributed by atoms with E-state index in [1.54, 1.807) is 12.1 Å². The molecule has 1 aliphatic heterocycles. The van der Waals surface area contributed by atoms with E-state index >= 15 is 0 Å². The highest BCUT2D eigenvalue weighted by atomic mass is 35.5. The van der Waals surface area contributed by atoms with Crippen molar-refractivity contribution in [1.29, 1.82) is 0 Å². The van der Waals surface area contributed by atoms with Crippen molar-refractivity contribution in [3.8, 4) is 0 Å². The number of halogens is 1. The Bertz CT molecular complexity index is 512. The Morgan fingerprint density at radius 2 is 2.10 bits per heavy atom. The fourth-order valence-electron chi connectivity index (χ4n) is 2.53. The molecule has 0 N–H and O–H groups in total. The number of methoxy groups -OCH3 is 1. The second-order valence-corrected chi connectivity index (χ2v) is 5.85. The second-order valence-electron chi connectivity index (χ2n) is 5.41. The Kier molecular flexibility index (Phi) is 5.23. The molecule has 3 atom stereocenters. The third-order valence-corrected chi connectivity index (χ3v) is 4.14. The second kappa shape index (κ2) is 6.94. The van der Waals surface area contributed by atoms with Crippen LogP contribution in [0.2, 0.25) is 5.02 Å². The molecule has 1 aromatic rings. The Balaban J connectivity index is 1.91. The zero-order chi connectivity index (χ0) is 15.4. The highest BCUT2D eigenvalue weighted by Crippen LogP contribution is 2.36. The lowest BCUT2D eigenvalue weighted by Gasteiger charge is -2.11. The molecule has 1 saturated heterocycles. The maximum atomic E-state index is 11.9. The van der Waals surface area contributed by atoms with Crippen LogP contribution in [0.5, 0.6) is 0 Å². The van der Waals surface area contributed by atoms with Gasteiger partial charge in [0.25, 0.3) is 0 Å². The van der Waals surface area contributed by atoms with Crippen molar-refractivity contribution >= 4 is 23.5 Å². The minimum Gasteiger partial charge on any atom is -0.469 e. The number of carbonyl (C=O) groups excluding carboxylic acids is 2. The lowest BCUT2D eigenvalue weighted by molar-refractivity contribution is -0.147. The van der Waals surface area contributed by atoms with Crippen LogP contribution in [0.25, 0.3) is 0 Å². The Morgan fingerprint density at radius 1 is 1.43 bits per heavy atom. The van der Waals surface area contributed by atoms with E-state index in [2.05, 4.69) is 4.74 Å². The van der Waals surface area contributed by atoms with Crippen molar-refractivity contribution in [1.82, 2.24) is 0 Å². The largest absolute Gasteiger partial charge is 0.469 e. The van der Waals surface area contributed by atoms with E-state index in [4.69, 9.17) is 16.3 Å². The summed E-state index contributed by atoms with van der Waals surface area (Å²) in [7, 11) is 1.37. The van der Waals surface area contributed by atoms with Gasteiger partial charge in [-0.15, -0.1) is 0 Å². The number of hydrogen-bond acceptors (Lipinski definition) is 4. The lowest BCUT2D eigenvalue weighted by Crippen LogP contribution is -2.15. The van der Waals surface area contributed by atoms with Crippen molar-refractivity contribution in [2.45, 2.75) is 32.3 Å². The zero-order valence-electron chi connectivity index (χ0n) is 12.2. The summed E-state index contributed by atoms with van der Waals surface area (Å²) in [6, 6.07) is 7.33. The standard InChI is InChI=1S/C16H19ClO4/c1-10(15(18)20-2)3-4-12-9-14(21-16(12)19)11-5-7-13(17)8-6-11/h5-8,10,12,14H,3-4,9H2,1-2H3. The average Bonchev–Trinajstić information content (AvgIpc) is 2.85. The molecule has 0 saturated carbocycles. The van der Waals surface area contributed by atoms with Gasteiger partial charge in [0.15, 0.2) is 0 Å². The molecule has 114 valence electrons. The molecule has 0 spiro atoms. The van der Waals surface area contributed by atoms with Gasteiger partial charge in [0.05, 0.1) is 18.9 Å². The molecule has 5 heteroatoms. The van der Waals surface area contributed by atoms with Gasteiger partial charge in [-0.05, 0) is 30.5 Å². The highest BCUT2D eigenvalue weighted by molar-refractivity contribution is 6.30. The van der Waals surface area contributed by atoms with Gasteiger partial charge in [-0.2, -0.15) is 0 Å². The molecule has 0 bridgehead atoms. The van der Waals surface area contributed by atoms with Crippen molar-refractivity contribution in [3.05, 3.63) is 34.9 Å². The maximum absolute atomic E-state index is 11.9. The summed E-state index contributed by atoms with van der Waals surface area (Å²) in [5.41, 5.74) is 0.955. The number of benzene rings is 1. The van der Waals surface area contributed by atoms with Crippen molar-refractivity contribution < 1.29 is 19.1 Å². The summed E-state index contributed by atoms with van der Waals surface area (Å²) in [5.74, 6) is -0.780.